The van der Waals surface area contributed by atoms with Gasteiger partial charge in [0.1, 0.15) is 12.6 Å². The molecule has 0 fully saturated rings. The summed E-state index contributed by atoms with van der Waals surface area (Å²) in [6.45, 7) is 2.02. The summed E-state index contributed by atoms with van der Waals surface area (Å²) in [5.74, 6) is -8.67. The highest BCUT2D eigenvalue weighted by Crippen LogP contribution is 2.22. The van der Waals surface area contributed by atoms with Crippen molar-refractivity contribution in [3.05, 3.63) is 35.4 Å². The molecule has 0 bridgehead atoms. The van der Waals surface area contributed by atoms with Gasteiger partial charge in [-0.3, -0.25) is 33.6 Å². The van der Waals surface area contributed by atoms with E-state index in [0.29, 0.717) is 17.7 Å². The first kappa shape index (κ1) is 37.9. The molecule has 3 atom stereocenters. The van der Waals surface area contributed by atoms with E-state index in [-0.39, 0.29) is 37.7 Å². The second-order valence-corrected chi connectivity index (χ2v) is 11.9. The lowest BCUT2D eigenvalue weighted by Gasteiger charge is -2.21. The van der Waals surface area contributed by atoms with Crippen LogP contribution < -0.4 is 16.0 Å². The van der Waals surface area contributed by atoms with Gasteiger partial charge in [0, 0.05) is 30.9 Å². The van der Waals surface area contributed by atoms with Crippen LogP contribution in [0, 0.1) is 5.92 Å². The highest BCUT2D eigenvalue weighted by atomic mass is 33.1. The summed E-state index contributed by atoms with van der Waals surface area (Å²) in [5, 5.41) is 35.1. The Morgan fingerprint density at radius 2 is 1.50 bits per heavy atom. The second kappa shape index (κ2) is 20.7. The largest absolute Gasteiger partial charge is 0.481 e. The molecule has 1 aromatic rings. The van der Waals surface area contributed by atoms with Crippen LogP contribution in [0.15, 0.2) is 24.3 Å². The summed E-state index contributed by atoms with van der Waals surface area (Å²) in [5.41, 5.74) is 1.29. The average molecular weight is 658 g/mol. The normalized spacial score (nSPS) is 12.6. The molecule has 6 N–H and O–H groups in total. The van der Waals surface area contributed by atoms with Crippen LogP contribution in [0.2, 0.25) is 0 Å². The molecule has 1 rings (SSSR count). The Labute approximate surface area is 260 Å². The average Bonchev–Trinajstić information content (AvgIpc) is 2.96. The first-order valence-corrected chi connectivity index (χ1v) is 15.8. The Bertz CT molecular complexity index is 1180. The molecule has 0 heterocycles. The zero-order valence-corrected chi connectivity index (χ0v) is 25.4. The van der Waals surface area contributed by atoms with Crippen molar-refractivity contribution in [2.24, 2.45) is 5.92 Å². The van der Waals surface area contributed by atoms with Gasteiger partial charge in [-0.1, -0.05) is 52.8 Å². The third kappa shape index (κ3) is 15.9. The minimum Gasteiger partial charge on any atom is -0.481 e. The fraction of sp³-hybridized carbons (Fsp3) is 0.481. The van der Waals surface area contributed by atoms with Crippen molar-refractivity contribution < 1.29 is 58.4 Å². The van der Waals surface area contributed by atoms with E-state index >= 15 is 0 Å². The van der Waals surface area contributed by atoms with E-state index in [1.165, 1.54) is 10.8 Å². The van der Waals surface area contributed by atoms with Gasteiger partial charge in [0.05, 0.1) is 31.2 Å². The highest BCUT2D eigenvalue weighted by molar-refractivity contribution is 8.76. The summed E-state index contributed by atoms with van der Waals surface area (Å²) in [6, 6.07) is 3.53. The Morgan fingerprint density at radius 1 is 0.864 bits per heavy atom. The SMILES string of the molecule is CCC(=O)OCCSSC[C@H](NC(=O)[C@H](CC(=O)O)CC(=O)[C@H](CC(=O)O)NC(=O)Cc1ccc(CNC=O)cc1)C(=O)O. The zero-order chi connectivity index (χ0) is 33.1. The zero-order valence-electron chi connectivity index (χ0n) is 23.8. The third-order valence-corrected chi connectivity index (χ3v) is 8.15. The Hall–Kier alpha value is -4.12. The van der Waals surface area contributed by atoms with Gasteiger partial charge in [-0.25, -0.2) is 4.79 Å². The smallest absolute Gasteiger partial charge is 0.327 e. The molecule has 0 unspecified atom stereocenters. The van der Waals surface area contributed by atoms with Crippen molar-refractivity contribution in [3.63, 3.8) is 0 Å². The van der Waals surface area contributed by atoms with Crippen molar-refractivity contribution in [1.29, 1.82) is 0 Å². The molecule has 0 aliphatic carbocycles. The van der Waals surface area contributed by atoms with Crippen molar-refractivity contribution in [2.45, 2.75) is 57.7 Å². The van der Waals surface area contributed by atoms with Crippen LogP contribution in [0.1, 0.15) is 43.7 Å². The van der Waals surface area contributed by atoms with Crippen molar-refractivity contribution in [2.75, 3.05) is 18.1 Å². The predicted molar refractivity (Wildman–Crippen MR) is 158 cm³/mol. The number of carbonyl (C=O) groups is 8. The topological polar surface area (TPSA) is 243 Å². The number of Topliss-reactive ketones (excluding diaryl/α,β-unsaturated/α-hetero) is 1. The van der Waals surface area contributed by atoms with Gasteiger partial charge in [-0.05, 0) is 11.1 Å². The number of carboxylic acids is 3. The van der Waals surface area contributed by atoms with Gasteiger partial charge in [0.15, 0.2) is 5.78 Å². The number of amides is 3. The molecule has 44 heavy (non-hydrogen) atoms. The second-order valence-electron chi connectivity index (χ2n) is 9.26. The van der Waals surface area contributed by atoms with E-state index in [9.17, 15) is 53.7 Å². The standard InChI is InChI=1S/C27H35N3O12S2/c1-2-25(38)42-7-8-43-44-14-20(27(40)41)30-26(39)18(11-23(34)35)10-21(32)19(12-24(36)37)29-22(33)9-16-3-5-17(6-4-16)13-28-15-31/h3-6,15,18-20H,2,7-14H2,1H3,(H,28,31)(H,29,33)(H,30,39)(H,34,35)(H,36,37)(H,40,41)/t18-,19-,20-/m0/s1. The van der Waals surface area contributed by atoms with Crippen LogP contribution in [0.5, 0.6) is 0 Å². The number of carbonyl (C=O) groups excluding carboxylic acids is 5. The summed E-state index contributed by atoms with van der Waals surface area (Å²) < 4.78 is 4.91. The van der Waals surface area contributed by atoms with E-state index in [1.807, 2.05) is 0 Å². The van der Waals surface area contributed by atoms with Crippen LogP contribution in [-0.2, 0) is 56.1 Å². The quantitative estimate of drug-likeness (QED) is 0.0404. The van der Waals surface area contributed by atoms with Gasteiger partial charge in [0.2, 0.25) is 18.2 Å². The predicted octanol–water partition coefficient (Wildman–Crippen LogP) is 0.389. The number of carboxylic acid groups (broad SMARTS) is 3. The lowest BCUT2D eigenvalue weighted by Crippen LogP contribution is -2.48. The van der Waals surface area contributed by atoms with Gasteiger partial charge in [0.25, 0.3) is 0 Å². The fourth-order valence-corrected chi connectivity index (χ4v) is 5.55. The van der Waals surface area contributed by atoms with Crippen LogP contribution in [-0.4, -0.2) is 93.4 Å². The molecule has 0 saturated carbocycles. The molecule has 0 aliphatic heterocycles. The van der Waals surface area contributed by atoms with E-state index in [1.54, 1.807) is 31.2 Å². The van der Waals surface area contributed by atoms with Gasteiger partial charge < -0.3 is 36.0 Å². The first-order valence-electron chi connectivity index (χ1n) is 13.3. The minimum absolute atomic E-state index is 0.109. The number of benzene rings is 1. The molecule has 242 valence electrons. The lowest BCUT2D eigenvalue weighted by atomic mass is 9.93. The van der Waals surface area contributed by atoms with Crippen LogP contribution in [0.3, 0.4) is 0 Å². The van der Waals surface area contributed by atoms with E-state index in [0.717, 1.165) is 16.4 Å². The maximum atomic E-state index is 13.0. The number of ether oxygens (including phenoxy) is 1. The monoisotopic (exact) mass is 657 g/mol. The number of hydrogen-bond donors (Lipinski definition) is 6. The fourth-order valence-electron chi connectivity index (χ4n) is 3.57. The minimum atomic E-state index is -1.58. The third-order valence-electron chi connectivity index (χ3n) is 5.77. The van der Waals surface area contributed by atoms with Crippen LogP contribution >= 0.6 is 21.6 Å². The summed E-state index contributed by atoms with van der Waals surface area (Å²) >= 11 is 0. The molecule has 17 heteroatoms. The molecule has 3 amide bonds. The number of hydrogen-bond acceptors (Lipinski definition) is 11. The summed E-state index contributed by atoms with van der Waals surface area (Å²) in [4.78, 5) is 94.6. The maximum absolute atomic E-state index is 13.0. The van der Waals surface area contributed by atoms with Gasteiger partial charge in [-0.15, -0.1) is 0 Å². The molecule has 0 saturated heterocycles. The summed E-state index contributed by atoms with van der Waals surface area (Å²) in [6.07, 6.45) is -1.93. The van der Waals surface area contributed by atoms with Crippen molar-refractivity contribution >= 4 is 69.5 Å². The number of aliphatic carboxylic acids is 3. The molecule has 1 aromatic carbocycles. The highest BCUT2D eigenvalue weighted by Gasteiger charge is 2.32. The molecule has 0 aromatic heterocycles. The van der Waals surface area contributed by atoms with Gasteiger partial charge in [-0.2, -0.15) is 0 Å². The molecule has 15 nitrogen and oxygen atoms in total. The number of nitrogens with one attached hydrogen (secondary N) is 3. The maximum Gasteiger partial charge on any atom is 0.327 e. The van der Waals surface area contributed by atoms with Gasteiger partial charge >= 0.3 is 23.9 Å². The molecular weight excluding hydrogens is 622 g/mol. The first-order chi connectivity index (χ1) is 20.9. The van der Waals surface area contributed by atoms with Crippen LogP contribution in [0.25, 0.3) is 0 Å². The van der Waals surface area contributed by atoms with E-state index < -0.39 is 72.8 Å². The number of ketones is 1. The molecule has 0 spiro atoms. The Morgan fingerprint density at radius 3 is 2.07 bits per heavy atom. The van der Waals surface area contributed by atoms with Crippen molar-refractivity contribution in [3.8, 4) is 0 Å². The van der Waals surface area contributed by atoms with Crippen LogP contribution in [0.4, 0.5) is 0 Å². The Kier molecular flexibility index (Phi) is 17.9. The van der Waals surface area contributed by atoms with E-state index in [2.05, 4.69) is 16.0 Å². The van der Waals surface area contributed by atoms with E-state index in [4.69, 9.17) is 4.74 Å². The number of rotatable bonds is 23. The van der Waals surface area contributed by atoms with Crippen molar-refractivity contribution in [1.82, 2.24) is 16.0 Å². The molecule has 0 radical (unpaired) electrons. The number of esters is 1. The summed E-state index contributed by atoms with van der Waals surface area (Å²) in [7, 11) is 2.26. The Balaban J connectivity index is 2.84. The molecular formula is C27H35N3O12S2. The lowest BCUT2D eigenvalue weighted by molar-refractivity contribution is -0.145. The molecule has 0 aliphatic rings.